The monoisotopic (exact) mass is 270 g/mol. The summed E-state index contributed by atoms with van der Waals surface area (Å²) in [6, 6.07) is 8.91. The summed E-state index contributed by atoms with van der Waals surface area (Å²) in [5.74, 6) is 0. The van der Waals surface area contributed by atoms with Crippen molar-refractivity contribution in [1.29, 1.82) is 0 Å². The normalized spacial score (nSPS) is 15.1. The first-order valence-electron chi connectivity index (χ1n) is 5.95. The highest BCUT2D eigenvalue weighted by Gasteiger charge is 2.48. The molecule has 1 aromatic carbocycles. The summed E-state index contributed by atoms with van der Waals surface area (Å²) in [5, 5.41) is -1.28. The summed E-state index contributed by atoms with van der Waals surface area (Å²) in [7, 11) is -3.53. The van der Waals surface area contributed by atoms with Crippen LogP contribution in [0.15, 0.2) is 30.3 Å². The van der Waals surface area contributed by atoms with Gasteiger partial charge in [0.2, 0.25) is 0 Å². The van der Waals surface area contributed by atoms with Gasteiger partial charge in [-0.15, -0.1) is 0 Å². The van der Waals surface area contributed by atoms with E-state index in [1.54, 1.807) is 45.0 Å². The van der Waals surface area contributed by atoms with Gasteiger partial charge in [0, 0.05) is 0 Å². The third-order valence-electron chi connectivity index (χ3n) is 2.75. The van der Waals surface area contributed by atoms with Gasteiger partial charge in [-0.05, 0) is 26.3 Å². The fourth-order valence-corrected chi connectivity index (χ4v) is 3.60. The second-order valence-corrected chi connectivity index (χ2v) is 6.40. The minimum atomic E-state index is -3.53. The zero-order chi connectivity index (χ0) is 13.6. The Morgan fingerprint density at radius 2 is 1.67 bits per heavy atom. The Balaban J connectivity index is 3.28. The molecular formula is C13H19O4P. The summed E-state index contributed by atoms with van der Waals surface area (Å²) in [5.41, 5.74) is 0.630. The van der Waals surface area contributed by atoms with E-state index < -0.39 is 12.8 Å². The van der Waals surface area contributed by atoms with Crippen LogP contribution < -0.4 is 0 Å². The third kappa shape index (κ3) is 2.72. The van der Waals surface area contributed by atoms with Crippen LogP contribution in [-0.2, 0) is 23.6 Å². The molecule has 0 spiro atoms. The van der Waals surface area contributed by atoms with Crippen LogP contribution in [0.4, 0.5) is 0 Å². The fourth-order valence-electron chi connectivity index (χ4n) is 1.71. The Hall–Kier alpha value is -0.960. The van der Waals surface area contributed by atoms with Crippen molar-refractivity contribution in [2.24, 2.45) is 0 Å². The minimum absolute atomic E-state index is 0.230. The van der Waals surface area contributed by atoms with Gasteiger partial charge in [-0.2, -0.15) is 0 Å². The van der Waals surface area contributed by atoms with Crippen molar-refractivity contribution >= 4 is 13.9 Å². The van der Waals surface area contributed by atoms with Crippen LogP contribution in [0.3, 0.4) is 0 Å². The maximum absolute atomic E-state index is 12.8. The standard InChI is InChI=1S/C13H19O4P/c1-4-16-18(15,17-5-2)13(3,11-14)12-9-7-6-8-10-12/h6-11H,4-5H2,1-3H3. The Labute approximate surface area is 108 Å². The van der Waals surface area contributed by atoms with Gasteiger partial charge < -0.3 is 13.8 Å². The number of hydrogen-bond donors (Lipinski definition) is 0. The molecule has 0 saturated carbocycles. The van der Waals surface area contributed by atoms with E-state index >= 15 is 0 Å². The molecule has 0 aliphatic rings. The van der Waals surface area contributed by atoms with E-state index in [9.17, 15) is 9.36 Å². The van der Waals surface area contributed by atoms with Crippen LogP contribution in [0.1, 0.15) is 26.3 Å². The lowest BCUT2D eigenvalue weighted by atomic mass is 10.0. The first-order valence-corrected chi connectivity index (χ1v) is 7.49. The SMILES string of the molecule is CCOP(=O)(OCC)C(C)(C=O)c1ccccc1. The largest absolute Gasteiger partial charge is 0.347 e. The average Bonchev–Trinajstić information content (AvgIpc) is 2.39. The van der Waals surface area contributed by atoms with Gasteiger partial charge in [0.15, 0.2) is 0 Å². The highest BCUT2D eigenvalue weighted by molar-refractivity contribution is 7.56. The van der Waals surface area contributed by atoms with E-state index in [0.717, 1.165) is 0 Å². The van der Waals surface area contributed by atoms with E-state index in [2.05, 4.69) is 0 Å². The van der Waals surface area contributed by atoms with E-state index in [-0.39, 0.29) is 13.2 Å². The minimum Gasteiger partial charge on any atom is -0.308 e. The molecule has 4 nitrogen and oxygen atoms in total. The summed E-state index contributed by atoms with van der Waals surface area (Å²) in [6.07, 6.45) is 0.647. The molecule has 1 atom stereocenters. The lowest BCUT2D eigenvalue weighted by Crippen LogP contribution is -2.26. The molecule has 0 heterocycles. The molecule has 5 heteroatoms. The molecule has 1 unspecified atom stereocenters. The van der Waals surface area contributed by atoms with Crippen LogP contribution in [0.2, 0.25) is 0 Å². The average molecular weight is 270 g/mol. The molecule has 0 aromatic heterocycles. The fraction of sp³-hybridized carbons (Fsp3) is 0.462. The van der Waals surface area contributed by atoms with Gasteiger partial charge in [0.1, 0.15) is 11.4 Å². The molecule has 18 heavy (non-hydrogen) atoms. The molecule has 0 saturated heterocycles. The summed E-state index contributed by atoms with van der Waals surface area (Å²) >= 11 is 0. The molecule has 0 fully saturated rings. The van der Waals surface area contributed by atoms with Crippen molar-refractivity contribution in [2.45, 2.75) is 25.9 Å². The molecule has 0 amide bonds. The number of aldehydes is 1. The number of hydrogen-bond acceptors (Lipinski definition) is 4. The van der Waals surface area contributed by atoms with Crippen molar-refractivity contribution in [3.8, 4) is 0 Å². The van der Waals surface area contributed by atoms with Crippen molar-refractivity contribution in [3.63, 3.8) is 0 Å². The van der Waals surface area contributed by atoms with Crippen LogP contribution in [0.5, 0.6) is 0 Å². The molecule has 1 aromatic rings. The number of rotatable bonds is 7. The van der Waals surface area contributed by atoms with Gasteiger partial charge >= 0.3 is 7.60 Å². The van der Waals surface area contributed by atoms with E-state index in [0.29, 0.717) is 11.8 Å². The van der Waals surface area contributed by atoms with E-state index in [1.165, 1.54) is 0 Å². The first kappa shape index (κ1) is 15.1. The molecular weight excluding hydrogens is 251 g/mol. The summed E-state index contributed by atoms with van der Waals surface area (Å²) in [6.45, 7) is 5.49. The van der Waals surface area contributed by atoms with Crippen molar-refractivity contribution in [3.05, 3.63) is 35.9 Å². The molecule has 100 valence electrons. The second kappa shape index (κ2) is 6.28. The van der Waals surface area contributed by atoms with Crippen LogP contribution in [0.25, 0.3) is 0 Å². The second-order valence-electron chi connectivity index (χ2n) is 3.96. The maximum atomic E-state index is 12.8. The van der Waals surface area contributed by atoms with Crippen molar-refractivity contribution in [1.82, 2.24) is 0 Å². The first-order chi connectivity index (χ1) is 8.54. The summed E-state index contributed by atoms with van der Waals surface area (Å²) in [4.78, 5) is 11.5. The van der Waals surface area contributed by atoms with Crippen LogP contribution >= 0.6 is 7.60 Å². The molecule has 1 rings (SSSR count). The van der Waals surface area contributed by atoms with Crippen molar-refractivity contribution in [2.75, 3.05) is 13.2 Å². The highest BCUT2D eigenvalue weighted by Crippen LogP contribution is 2.63. The lowest BCUT2D eigenvalue weighted by molar-refractivity contribution is -0.110. The Morgan fingerprint density at radius 1 is 1.17 bits per heavy atom. The number of carbonyl (C=O) groups is 1. The molecule has 0 N–H and O–H groups in total. The smallest absolute Gasteiger partial charge is 0.308 e. The topological polar surface area (TPSA) is 52.6 Å². The van der Waals surface area contributed by atoms with Gasteiger partial charge in [-0.25, -0.2) is 0 Å². The van der Waals surface area contributed by atoms with Crippen molar-refractivity contribution < 1.29 is 18.4 Å². The molecule has 0 aliphatic carbocycles. The van der Waals surface area contributed by atoms with E-state index in [4.69, 9.17) is 9.05 Å². The van der Waals surface area contributed by atoms with Gasteiger partial charge in [-0.3, -0.25) is 4.57 Å². The van der Waals surface area contributed by atoms with Gasteiger partial charge in [0.05, 0.1) is 13.2 Å². The maximum Gasteiger partial charge on any atom is 0.347 e. The number of benzene rings is 1. The van der Waals surface area contributed by atoms with Crippen LogP contribution in [-0.4, -0.2) is 19.5 Å². The Bertz CT molecular complexity index is 422. The Kier molecular flexibility index (Phi) is 5.27. The lowest BCUT2D eigenvalue weighted by Gasteiger charge is -2.31. The third-order valence-corrected chi connectivity index (χ3v) is 5.45. The number of carbonyl (C=O) groups excluding carboxylic acids is 1. The predicted molar refractivity (Wildman–Crippen MR) is 70.7 cm³/mol. The van der Waals surface area contributed by atoms with E-state index in [1.807, 2.05) is 6.07 Å². The molecule has 0 aliphatic heterocycles. The predicted octanol–water partition coefficient (Wildman–Crippen LogP) is 3.37. The summed E-state index contributed by atoms with van der Waals surface area (Å²) < 4.78 is 23.4. The highest BCUT2D eigenvalue weighted by atomic mass is 31.2. The van der Waals surface area contributed by atoms with Gasteiger partial charge in [-0.1, -0.05) is 30.3 Å². The molecule has 0 bridgehead atoms. The molecule has 0 radical (unpaired) electrons. The van der Waals surface area contributed by atoms with Crippen LogP contribution in [0, 0.1) is 0 Å². The Morgan fingerprint density at radius 3 is 2.06 bits per heavy atom. The zero-order valence-corrected chi connectivity index (χ0v) is 11.9. The van der Waals surface area contributed by atoms with Gasteiger partial charge in [0.25, 0.3) is 0 Å². The quantitative estimate of drug-likeness (QED) is 0.563. The zero-order valence-electron chi connectivity index (χ0n) is 11.0.